The summed E-state index contributed by atoms with van der Waals surface area (Å²) in [6.45, 7) is 3.35. The number of amides is 1. The van der Waals surface area contributed by atoms with Crippen LogP contribution in [0.2, 0.25) is 0 Å². The fourth-order valence-electron chi connectivity index (χ4n) is 3.78. The highest BCUT2D eigenvalue weighted by Crippen LogP contribution is 2.50. The molecular weight excluding hydrogens is 452 g/mol. The maximum Gasteiger partial charge on any atom is 0.430 e. The number of hydrogen-bond acceptors (Lipinski definition) is 3. The van der Waals surface area contributed by atoms with Gasteiger partial charge in [0.25, 0.3) is 5.60 Å². The minimum atomic E-state index is -5.99. The topological polar surface area (TPSA) is 49.8 Å². The van der Waals surface area contributed by atoms with E-state index in [1.807, 2.05) is 0 Å². The molecule has 180 valence electrons. The number of hydrogen-bond donors (Lipinski definition) is 1. The molecule has 10 heteroatoms. The zero-order chi connectivity index (χ0) is 24.6. The number of halogens is 6. The first-order valence-electron chi connectivity index (χ1n) is 10.3. The molecule has 33 heavy (non-hydrogen) atoms. The molecule has 0 saturated carbocycles. The number of nitrogens with zero attached hydrogens (tertiary/aromatic N) is 1. The summed E-state index contributed by atoms with van der Waals surface area (Å²) >= 11 is 0. The molecular formula is C23H23F6NO3. The van der Waals surface area contributed by atoms with E-state index in [9.17, 15) is 36.2 Å². The van der Waals surface area contributed by atoms with Crippen molar-refractivity contribution in [1.29, 1.82) is 0 Å². The maximum atomic E-state index is 13.4. The van der Waals surface area contributed by atoms with Gasteiger partial charge < -0.3 is 14.7 Å². The van der Waals surface area contributed by atoms with Crippen LogP contribution in [0.4, 0.5) is 32.0 Å². The van der Waals surface area contributed by atoms with Crippen LogP contribution in [0, 0.1) is 5.92 Å². The third kappa shape index (κ3) is 4.80. The molecule has 1 heterocycles. The number of carbonyl (C=O) groups is 1. The Balaban J connectivity index is 2.05. The van der Waals surface area contributed by atoms with Gasteiger partial charge in [0.1, 0.15) is 11.9 Å². The molecule has 1 amide bonds. The van der Waals surface area contributed by atoms with Gasteiger partial charge in [0, 0.05) is 17.2 Å². The lowest BCUT2D eigenvalue weighted by Gasteiger charge is -2.33. The summed E-state index contributed by atoms with van der Waals surface area (Å²) < 4.78 is 86.1. The lowest BCUT2D eigenvalue weighted by atomic mass is 9.89. The van der Waals surface area contributed by atoms with Crippen molar-refractivity contribution < 1.29 is 41.0 Å². The molecule has 0 fully saturated rings. The lowest BCUT2D eigenvalue weighted by Crippen LogP contribution is -2.54. The minimum Gasteiger partial charge on any atom is -0.489 e. The van der Waals surface area contributed by atoms with Gasteiger partial charge in [-0.25, -0.2) is 0 Å². The fraction of sp³-hybridized carbons (Fsp3) is 0.435. The summed E-state index contributed by atoms with van der Waals surface area (Å²) in [5.74, 6) is -0.306. The molecule has 0 unspecified atom stereocenters. The van der Waals surface area contributed by atoms with Crippen molar-refractivity contribution in [1.82, 2.24) is 0 Å². The first-order chi connectivity index (χ1) is 15.3. The van der Waals surface area contributed by atoms with Crippen LogP contribution < -0.4 is 9.64 Å². The highest BCUT2D eigenvalue weighted by atomic mass is 19.4. The Bertz CT molecular complexity index is 974. The van der Waals surface area contributed by atoms with Crippen molar-refractivity contribution in [3.05, 3.63) is 59.7 Å². The number of aryl methyl sites for hydroxylation is 1. The molecule has 0 saturated heterocycles. The summed E-state index contributed by atoms with van der Waals surface area (Å²) in [6, 6.07) is 11.0. The predicted octanol–water partition coefficient (Wildman–Crippen LogP) is 5.38. The monoisotopic (exact) mass is 475 g/mol. The molecule has 3 rings (SSSR count). The van der Waals surface area contributed by atoms with E-state index in [2.05, 4.69) is 0 Å². The number of carbonyl (C=O) groups excluding carboxylic acids is 1. The zero-order valence-electron chi connectivity index (χ0n) is 17.9. The van der Waals surface area contributed by atoms with Crippen LogP contribution in [0.15, 0.2) is 48.5 Å². The summed E-state index contributed by atoms with van der Waals surface area (Å²) in [5.41, 5.74) is -6.09. The van der Waals surface area contributed by atoms with Crippen LogP contribution in [0.3, 0.4) is 0 Å². The fourth-order valence-corrected chi connectivity index (χ4v) is 3.78. The molecule has 1 atom stereocenters. The van der Waals surface area contributed by atoms with E-state index >= 15 is 0 Å². The smallest absolute Gasteiger partial charge is 0.430 e. The third-order valence-electron chi connectivity index (χ3n) is 5.54. The highest BCUT2D eigenvalue weighted by Gasteiger charge is 2.71. The second-order valence-electron chi connectivity index (χ2n) is 8.24. The van der Waals surface area contributed by atoms with Crippen LogP contribution in [0.1, 0.15) is 31.4 Å². The number of aliphatic hydroxyl groups is 1. The van der Waals surface area contributed by atoms with Gasteiger partial charge in [-0.3, -0.25) is 4.79 Å². The number of ether oxygens (including phenoxy) is 1. The number of alkyl halides is 6. The number of para-hydroxylation sites is 1. The first kappa shape index (κ1) is 24.9. The molecule has 0 spiro atoms. The SMILES string of the molecule is CC(C)C(=O)N1C[C@@H](Oc2ccccc2)CCc2cc(C(O)(C(F)(F)F)C(F)(F)F)ccc21. The molecule has 2 aromatic carbocycles. The van der Waals surface area contributed by atoms with Crippen molar-refractivity contribution in [2.75, 3.05) is 11.4 Å². The van der Waals surface area contributed by atoms with Gasteiger partial charge in [-0.1, -0.05) is 44.2 Å². The molecule has 4 nitrogen and oxygen atoms in total. The maximum absolute atomic E-state index is 13.4. The Morgan fingerprint density at radius 2 is 1.64 bits per heavy atom. The Morgan fingerprint density at radius 3 is 2.18 bits per heavy atom. The van der Waals surface area contributed by atoms with Gasteiger partial charge in [0.05, 0.1) is 6.54 Å². The number of fused-ring (bicyclic) bond motifs is 1. The highest BCUT2D eigenvalue weighted by molar-refractivity contribution is 5.95. The van der Waals surface area contributed by atoms with Gasteiger partial charge >= 0.3 is 12.4 Å². The van der Waals surface area contributed by atoms with E-state index in [0.29, 0.717) is 17.9 Å². The van der Waals surface area contributed by atoms with E-state index in [-0.39, 0.29) is 36.5 Å². The van der Waals surface area contributed by atoms with Gasteiger partial charge in [-0.15, -0.1) is 0 Å². The van der Waals surface area contributed by atoms with E-state index < -0.39 is 35.5 Å². The van der Waals surface area contributed by atoms with E-state index in [0.717, 1.165) is 6.07 Å². The summed E-state index contributed by atoms with van der Waals surface area (Å²) in [7, 11) is 0. The van der Waals surface area contributed by atoms with Crippen molar-refractivity contribution in [3.63, 3.8) is 0 Å². The van der Waals surface area contributed by atoms with E-state index in [1.54, 1.807) is 44.2 Å². The summed E-state index contributed by atoms with van der Waals surface area (Å²) in [5, 5.41) is 9.78. The molecule has 1 N–H and O–H groups in total. The Labute approximate surface area is 186 Å². The standard InChI is InChI=1S/C23H23F6NO3/c1-14(2)20(31)30-13-18(33-17-6-4-3-5-7-17)10-8-15-12-16(9-11-19(15)30)21(32,22(24,25)26)23(27,28)29/h3-7,9,11-12,14,18,32H,8,10,13H2,1-2H3/t18-/m0/s1. The Kier molecular flexibility index (Phi) is 6.70. The van der Waals surface area contributed by atoms with Gasteiger partial charge in [-0.05, 0) is 36.6 Å². The van der Waals surface area contributed by atoms with Gasteiger partial charge in [0.2, 0.25) is 5.91 Å². The first-order valence-corrected chi connectivity index (χ1v) is 10.3. The van der Waals surface area contributed by atoms with E-state index in [4.69, 9.17) is 4.74 Å². The molecule has 2 aromatic rings. The van der Waals surface area contributed by atoms with Gasteiger partial charge in [0.15, 0.2) is 0 Å². The van der Waals surface area contributed by atoms with Crippen LogP contribution in [-0.4, -0.2) is 36.0 Å². The molecule has 1 aliphatic rings. The largest absolute Gasteiger partial charge is 0.489 e. The lowest BCUT2D eigenvalue weighted by molar-refractivity contribution is -0.376. The van der Waals surface area contributed by atoms with Crippen LogP contribution in [-0.2, 0) is 16.8 Å². The minimum absolute atomic E-state index is 0.0499. The van der Waals surface area contributed by atoms with Crippen molar-refractivity contribution >= 4 is 11.6 Å². The average Bonchev–Trinajstić information content (AvgIpc) is 2.90. The second-order valence-corrected chi connectivity index (χ2v) is 8.24. The van der Waals surface area contributed by atoms with Crippen LogP contribution >= 0.6 is 0 Å². The second kappa shape index (κ2) is 8.89. The van der Waals surface area contributed by atoms with Crippen LogP contribution in [0.5, 0.6) is 5.75 Å². The van der Waals surface area contributed by atoms with Crippen LogP contribution in [0.25, 0.3) is 0 Å². The van der Waals surface area contributed by atoms with Crippen molar-refractivity contribution in [2.45, 2.75) is 50.7 Å². The van der Waals surface area contributed by atoms with E-state index in [1.165, 1.54) is 4.90 Å². The summed E-state index contributed by atoms with van der Waals surface area (Å²) in [6.07, 6.45) is -12.2. The van der Waals surface area contributed by atoms with Crippen molar-refractivity contribution in [2.24, 2.45) is 5.92 Å². The average molecular weight is 475 g/mol. The Morgan fingerprint density at radius 1 is 1.03 bits per heavy atom. The normalized spacial score (nSPS) is 17.5. The Hall–Kier alpha value is -2.75. The number of benzene rings is 2. The quantitative estimate of drug-likeness (QED) is 0.604. The number of rotatable bonds is 4. The predicted molar refractivity (Wildman–Crippen MR) is 109 cm³/mol. The molecule has 0 aliphatic carbocycles. The van der Waals surface area contributed by atoms with Gasteiger partial charge in [-0.2, -0.15) is 26.3 Å². The molecule has 0 aromatic heterocycles. The zero-order valence-corrected chi connectivity index (χ0v) is 17.9. The molecule has 0 radical (unpaired) electrons. The summed E-state index contributed by atoms with van der Waals surface area (Å²) in [4.78, 5) is 14.2. The number of anilines is 1. The van der Waals surface area contributed by atoms with Crippen molar-refractivity contribution in [3.8, 4) is 5.75 Å². The molecule has 1 aliphatic heterocycles. The third-order valence-corrected chi connectivity index (χ3v) is 5.54. The molecule has 0 bridgehead atoms.